The largest absolute Gasteiger partial charge is 0.379 e. The number of nitrogens with two attached hydrogens (primary N) is 1. The Hall–Kier alpha value is -2.98. The second-order valence-electron chi connectivity index (χ2n) is 9.29. The molecule has 36 heavy (non-hydrogen) atoms. The Kier molecular flexibility index (Phi) is 10.2. The molecule has 0 spiro atoms. The number of nitrogens with zero attached hydrogens (tertiary/aromatic N) is 2. The van der Waals surface area contributed by atoms with E-state index in [0.717, 1.165) is 29.5 Å². The molecule has 1 fully saturated rings. The molecule has 10 heteroatoms. The summed E-state index contributed by atoms with van der Waals surface area (Å²) in [5, 5.41) is 17.8. The lowest BCUT2D eigenvalue weighted by molar-refractivity contribution is -0.384. The minimum atomic E-state index is -0.765. The predicted octanol–water partition coefficient (Wildman–Crippen LogP) is 4.31. The molecule has 2 aromatic carbocycles. The van der Waals surface area contributed by atoms with Crippen molar-refractivity contribution in [3.05, 3.63) is 68.2 Å². The number of likely N-dealkylation sites (tertiary alicyclic amines) is 1. The van der Waals surface area contributed by atoms with Gasteiger partial charge in [0, 0.05) is 29.7 Å². The molecular weight excluding hydrogens is 526 g/mol. The van der Waals surface area contributed by atoms with Gasteiger partial charge in [0.15, 0.2) is 0 Å². The Balaban J connectivity index is 1.66. The number of benzene rings is 2. The van der Waals surface area contributed by atoms with Gasteiger partial charge in [-0.2, -0.15) is 0 Å². The van der Waals surface area contributed by atoms with Crippen LogP contribution in [0.4, 0.5) is 11.4 Å². The van der Waals surface area contributed by atoms with Gasteiger partial charge in [0.25, 0.3) is 5.69 Å². The van der Waals surface area contributed by atoms with Crippen LogP contribution in [0.5, 0.6) is 0 Å². The molecule has 9 nitrogen and oxygen atoms in total. The van der Waals surface area contributed by atoms with E-state index in [1.807, 2.05) is 24.3 Å². The summed E-state index contributed by atoms with van der Waals surface area (Å²) >= 11 is 3.36. The highest BCUT2D eigenvalue weighted by atomic mass is 79.9. The molecule has 2 unspecified atom stereocenters. The lowest BCUT2D eigenvalue weighted by Crippen LogP contribution is -2.38. The van der Waals surface area contributed by atoms with Crippen molar-refractivity contribution in [1.82, 2.24) is 10.2 Å². The van der Waals surface area contributed by atoms with Gasteiger partial charge in [-0.05, 0) is 62.1 Å². The zero-order valence-corrected chi connectivity index (χ0v) is 22.1. The first-order valence-corrected chi connectivity index (χ1v) is 13.1. The third-order valence-electron chi connectivity index (χ3n) is 6.52. The van der Waals surface area contributed by atoms with Crippen molar-refractivity contribution in [2.45, 2.75) is 57.5 Å². The minimum Gasteiger partial charge on any atom is -0.379 e. The van der Waals surface area contributed by atoms with Crippen molar-refractivity contribution in [1.29, 1.82) is 0 Å². The number of primary amides is 1. The first kappa shape index (κ1) is 27.6. The zero-order valence-electron chi connectivity index (χ0n) is 20.5. The van der Waals surface area contributed by atoms with E-state index in [-0.39, 0.29) is 24.4 Å². The number of piperidine rings is 1. The Morgan fingerprint density at radius 3 is 2.64 bits per heavy atom. The van der Waals surface area contributed by atoms with E-state index in [2.05, 4.69) is 38.4 Å². The Bertz CT molecular complexity index is 1060. The molecule has 4 N–H and O–H groups in total. The second-order valence-corrected chi connectivity index (χ2v) is 10.2. The minimum absolute atomic E-state index is 0.101. The van der Waals surface area contributed by atoms with Crippen molar-refractivity contribution >= 4 is 39.1 Å². The van der Waals surface area contributed by atoms with Crippen LogP contribution >= 0.6 is 15.9 Å². The van der Waals surface area contributed by atoms with E-state index < -0.39 is 16.9 Å². The number of nitro groups is 1. The summed E-state index contributed by atoms with van der Waals surface area (Å²) in [5.41, 5.74) is 6.98. The molecule has 0 aliphatic carbocycles. The lowest BCUT2D eigenvalue weighted by atomic mass is 10.0. The molecule has 3 rings (SSSR count). The molecular formula is C26H34BrN5O4. The molecule has 194 valence electrons. The molecule has 2 amide bonds. The molecule has 2 aromatic rings. The molecule has 1 saturated heterocycles. The van der Waals surface area contributed by atoms with Crippen molar-refractivity contribution in [3.8, 4) is 0 Å². The summed E-state index contributed by atoms with van der Waals surface area (Å²) in [6.07, 6.45) is 4.53. The predicted molar refractivity (Wildman–Crippen MR) is 144 cm³/mol. The van der Waals surface area contributed by atoms with Gasteiger partial charge in [0.1, 0.15) is 5.69 Å². The number of anilines is 1. The maximum atomic E-state index is 12.7. The summed E-state index contributed by atoms with van der Waals surface area (Å²) in [5.74, 6) is -0.916. The first-order chi connectivity index (χ1) is 17.2. The van der Waals surface area contributed by atoms with E-state index in [4.69, 9.17) is 5.73 Å². The summed E-state index contributed by atoms with van der Waals surface area (Å²) in [7, 11) is 0. The van der Waals surface area contributed by atoms with Crippen molar-refractivity contribution in [2.75, 3.05) is 25.0 Å². The molecule has 0 bridgehead atoms. The number of hydrogen-bond donors (Lipinski definition) is 3. The van der Waals surface area contributed by atoms with Crippen LogP contribution in [0.3, 0.4) is 0 Å². The molecule has 1 aliphatic heterocycles. The number of rotatable bonds is 12. The Morgan fingerprint density at radius 1 is 1.22 bits per heavy atom. The maximum absolute atomic E-state index is 12.7. The van der Waals surface area contributed by atoms with Crippen LogP contribution in [-0.4, -0.2) is 47.3 Å². The highest BCUT2D eigenvalue weighted by molar-refractivity contribution is 9.10. The fraction of sp³-hybridized carbons (Fsp3) is 0.462. The molecule has 1 aliphatic rings. The zero-order chi connectivity index (χ0) is 26.1. The fourth-order valence-corrected chi connectivity index (χ4v) is 4.81. The maximum Gasteiger partial charge on any atom is 0.292 e. The van der Waals surface area contributed by atoms with Gasteiger partial charge in [-0.15, -0.1) is 0 Å². The van der Waals surface area contributed by atoms with Crippen LogP contribution in [0.1, 0.15) is 56.2 Å². The Labute approximate surface area is 220 Å². The van der Waals surface area contributed by atoms with Gasteiger partial charge in [0.2, 0.25) is 11.8 Å². The number of halogens is 1. The van der Waals surface area contributed by atoms with E-state index in [9.17, 15) is 19.7 Å². The third kappa shape index (κ3) is 8.30. The Morgan fingerprint density at radius 2 is 1.97 bits per heavy atom. The topological polar surface area (TPSA) is 131 Å². The van der Waals surface area contributed by atoms with Gasteiger partial charge < -0.3 is 21.3 Å². The van der Waals surface area contributed by atoms with Crippen molar-refractivity contribution in [2.24, 2.45) is 5.73 Å². The van der Waals surface area contributed by atoms with Gasteiger partial charge >= 0.3 is 0 Å². The van der Waals surface area contributed by atoms with Gasteiger partial charge in [0.05, 0.1) is 23.8 Å². The number of carbonyl (C=O) groups is 2. The van der Waals surface area contributed by atoms with Crippen LogP contribution in [0, 0.1) is 10.1 Å². The summed E-state index contributed by atoms with van der Waals surface area (Å²) < 4.78 is 0.903. The third-order valence-corrected chi connectivity index (χ3v) is 7.05. The molecule has 0 saturated carbocycles. The smallest absolute Gasteiger partial charge is 0.292 e. The number of carbonyl (C=O) groups excluding carboxylic acids is 2. The highest BCUT2D eigenvalue weighted by Crippen LogP contribution is 2.29. The molecule has 0 radical (unpaired) electrons. The fourth-order valence-electron chi connectivity index (χ4n) is 4.55. The number of amides is 2. The number of nitrogens with one attached hydrogen (secondary N) is 2. The van der Waals surface area contributed by atoms with E-state index in [1.165, 1.54) is 25.3 Å². The van der Waals surface area contributed by atoms with Crippen LogP contribution in [0.15, 0.2) is 46.9 Å². The first-order valence-electron chi connectivity index (χ1n) is 12.3. The van der Waals surface area contributed by atoms with Gasteiger partial charge in [-0.1, -0.05) is 40.5 Å². The monoisotopic (exact) mass is 559 g/mol. The van der Waals surface area contributed by atoms with Crippen LogP contribution < -0.4 is 16.4 Å². The summed E-state index contributed by atoms with van der Waals surface area (Å²) in [6.45, 7) is 4.91. The van der Waals surface area contributed by atoms with Crippen LogP contribution in [0.25, 0.3) is 0 Å². The molecule has 2 atom stereocenters. The second kappa shape index (κ2) is 13.4. The van der Waals surface area contributed by atoms with Gasteiger partial charge in [-0.3, -0.25) is 19.7 Å². The van der Waals surface area contributed by atoms with Crippen molar-refractivity contribution in [3.63, 3.8) is 0 Å². The van der Waals surface area contributed by atoms with E-state index in [0.29, 0.717) is 23.8 Å². The highest BCUT2D eigenvalue weighted by Gasteiger charge is 2.23. The molecule has 1 heterocycles. The van der Waals surface area contributed by atoms with Crippen LogP contribution in [0.2, 0.25) is 0 Å². The number of hydrogen-bond acceptors (Lipinski definition) is 6. The normalized spacial score (nSPS) is 16.8. The quantitative estimate of drug-likeness (QED) is 0.202. The molecule has 0 aromatic heterocycles. The average Bonchev–Trinajstić information content (AvgIpc) is 2.83. The average molecular weight is 560 g/mol. The van der Waals surface area contributed by atoms with E-state index >= 15 is 0 Å². The standard InChI is InChI=1S/C26H34BrN5O4/c1-18-5-2-3-13-31(18)14-4-12-29-22-11-8-20(16-24(22)32(35)36)23(17-25(28)33)30-26(34)15-19-6-9-21(27)10-7-19/h6-11,16,18,23,29H,2-5,12-15,17H2,1H3,(H2,28,33)(H,30,34). The van der Waals surface area contributed by atoms with Crippen LogP contribution in [-0.2, 0) is 16.0 Å². The van der Waals surface area contributed by atoms with Crippen molar-refractivity contribution < 1.29 is 14.5 Å². The van der Waals surface area contributed by atoms with E-state index in [1.54, 1.807) is 12.1 Å². The van der Waals surface area contributed by atoms with Gasteiger partial charge in [-0.25, -0.2) is 0 Å². The lowest BCUT2D eigenvalue weighted by Gasteiger charge is -2.33. The SMILES string of the molecule is CC1CCCCN1CCCNc1ccc(C(CC(N)=O)NC(=O)Cc2ccc(Br)cc2)cc1[N+](=O)[O-]. The number of nitro benzene ring substituents is 1. The summed E-state index contributed by atoms with van der Waals surface area (Å²) in [4.78, 5) is 38.2. The summed E-state index contributed by atoms with van der Waals surface area (Å²) in [6, 6.07) is 11.9.